The molecule has 0 spiro atoms. The van der Waals surface area contributed by atoms with Crippen LogP contribution in [-0.4, -0.2) is 41.4 Å². The van der Waals surface area contributed by atoms with Crippen molar-refractivity contribution in [1.82, 2.24) is 0 Å². The van der Waals surface area contributed by atoms with Gasteiger partial charge < -0.3 is 0 Å². The summed E-state index contributed by atoms with van der Waals surface area (Å²) in [5.41, 5.74) is 2.44. The van der Waals surface area contributed by atoms with E-state index in [1.54, 1.807) is 7.11 Å². The van der Waals surface area contributed by atoms with Crippen LogP contribution in [0.5, 0.6) is 0 Å². The van der Waals surface area contributed by atoms with Crippen molar-refractivity contribution >= 4 is 37.1 Å². The number of hydrogen-bond acceptors (Lipinski definition) is 4. The van der Waals surface area contributed by atoms with E-state index in [9.17, 15) is 4.79 Å². The first kappa shape index (κ1) is 21.0. The van der Waals surface area contributed by atoms with Crippen molar-refractivity contribution in [3.8, 4) is 0 Å². The number of carbonyl (C=O) groups is 1. The number of ether oxygens (including phenoxy) is 2. The van der Waals surface area contributed by atoms with Crippen LogP contribution in [0.3, 0.4) is 0 Å². The van der Waals surface area contributed by atoms with Gasteiger partial charge in [0.15, 0.2) is 0 Å². The summed E-state index contributed by atoms with van der Waals surface area (Å²) in [5.74, 6) is -0.190. The molecule has 2 aromatic rings. The molecule has 0 fully saturated rings. The van der Waals surface area contributed by atoms with Crippen LogP contribution < -0.4 is 4.46 Å². The fraction of sp³-hybridized carbons (Fsp3) is 0.381. The van der Waals surface area contributed by atoms with Crippen LogP contribution in [0.25, 0.3) is 0 Å². The van der Waals surface area contributed by atoms with Gasteiger partial charge in [-0.1, -0.05) is 0 Å². The standard InChI is InChI=1S/C21H26O3SSe/c1-15(25-4)17-12-8-9-13-18(17)26-19(14-20(22)23-2)21(24-3)16-10-6-5-7-11-16/h5-13,15,19,21H,14H2,1-4H3/t15-,19?,21?/m0/s1. The van der Waals surface area contributed by atoms with Crippen molar-refractivity contribution in [1.29, 1.82) is 0 Å². The molecule has 5 heteroatoms. The Morgan fingerprint density at radius 3 is 2.35 bits per heavy atom. The molecule has 0 N–H and O–H groups in total. The zero-order valence-electron chi connectivity index (χ0n) is 15.7. The van der Waals surface area contributed by atoms with Gasteiger partial charge in [-0.15, -0.1) is 0 Å². The van der Waals surface area contributed by atoms with Crippen LogP contribution in [-0.2, 0) is 14.3 Å². The molecule has 0 aliphatic rings. The summed E-state index contributed by atoms with van der Waals surface area (Å²) in [7, 11) is 3.16. The van der Waals surface area contributed by atoms with Gasteiger partial charge >= 0.3 is 167 Å². The van der Waals surface area contributed by atoms with E-state index in [0.717, 1.165) is 5.56 Å². The van der Waals surface area contributed by atoms with Crippen LogP contribution in [0.1, 0.15) is 35.8 Å². The molecule has 0 aliphatic carbocycles. The molecular formula is C21H26O3SSe. The monoisotopic (exact) mass is 438 g/mol. The first-order valence-corrected chi connectivity index (χ1v) is 11.7. The summed E-state index contributed by atoms with van der Waals surface area (Å²) in [6, 6.07) is 18.7. The zero-order chi connectivity index (χ0) is 18.9. The van der Waals surface area contributed by atoms with E-state index < -0.39 is 0 Å². The van der Waals surface area contributed by atoms with Crippen molar-refractivity contribution in [2.24, 2.45) is 0 Å². The molecule has 2 aromatic carbocycles. The molecule has 0 saturated heterocycles. The summed E-state index contributed by atoms with van der Waals surface area (Å²) in [4.78, 5) is 12.1. The molecule has 0 bridgehead atoms. The van der Waals surface area contributed by atoms with E-state index in [0.29, 0.717) is 11.7 Å². The van der Waals surface area contributed by atoms with Crippen LogP contribution in [0.2, 0.25) is 4.82 Å². The Morgan fingerprint density at radius 1 is 1.08 bits per heavy atom. The van der Waals surface area contributed by atoms with Gasteiger partial charge in [0.25, 0.3) is 0 Å². The fourth-order valence-corrected chi connectivity index (χ4v) is 6.54. The summed E-state index contributed by atoms with van der Waals surface area (Å²) >= 11 is 1.91. The SMILES string of the molecule is COC(=O)CC([Se]c1ccccc1[C@H](C)SC)C(OC)c1ccccc1. The molecule has 0 aliphatic heterocycles. The molecule has 0 saturated carbocycles. The topological polar surface area (TPSA) is 35.5 Å². The van der Waals surface area contributed by atoms with Crippen molar-refractivity contribution < 1.29 is 14.3 Å². The van der Waals surface area contributed by atoms with E-state index in [1.807, 2.05) is 30.0 Å². The number of benzene rings is 2. The summed E-state index contributed by atoms with van der Waals surface area (Å²) in [6.07, 6.45) is 2.35. The molecule has 3 nitrogen and oxygen atoms in total. The minimum absolute atomic E-state index is 0.0672. The first-order chi connectivity index (χ1) is 12.6. The Morgan fingerprint density at radius 2 is 1.73 bits per heavy atom. The van der Waals surface area contributed by atoms with Crippen molar-refractivity contribution in [3.05, 3.63) is 65.7 Å². The second-order valence-corrected chi connectivity index (χ2v) is 9.79. The number of methoxy groups -OCH3 is 2. The van der Waals surface area contributed by atoms with Crippen LogP contribution in [0.15, 0.2) is 54.6 Å². The Hall–Kier alpha value is -1.26. The second-order valence-electron chi connectivity index (χ2n) is 5.92. The molecule has 2 rings (SSSR count). The third-order valence-electron chi connectivity index (χ3n) is 4.30. The van der Waals surface area contributed by atoms with Crippen molar-refractivity contribution in [2.45, 2.75) is 29.5 Å². The summed E-state index contributed by atoms with van der Waals surface area (Å²) < 4.78 is 12.1. The molecule has 0 radical (unpaired) electrons. The van der Waals surface area contributed by atoms with E-state index in [-0.39, 0.29) is 31.8 Å². The predicted molar refractivity (Wildman–Crippen MR) is 110 cm³/mol. The molecular weight excluding hydrogens is 411 g/mol. The van der Waals surface area contributed by atoms with E-state index >= 15 is 0 Å². The van der Waals surface area contributed by atoms with Crippen molar-refractivity contribution in [3.63, 3.8) is 0 Å². The maximum absolute atomic E-state index is 12.1. The number of hydrogen-bond donors (Lipinski definition) is 0. The number of rotatable bonds is 9. The fourth-order valence-electron chi connectivity index (χ4n) is 2.82. The van der Waals surface area contributed by atoms with Gasteiger partial charge in [-0.2, -0.15) is 0 Å². The predicted octanol–water partition coefficient (Wildman–Crippen LogP) is 4.18. The Bertz CT molecular complexity index is 693. The Labute approximate surface area is 167 Å². The Kier molecular flexibility index (Phi) is 8.73. The summed E-state index contributed by atoms with van der Waals surface area (Å²) in [6.45, 7) is 2.22. The van der Waals surface area contributed by atoms with Gasteiger partial charge in [-0.25, -0.2) is 0 Å². The van der Waals surface area contributed by atoms with Crippen LogP contribution in [0, 0.1) is 0 Å². The Balaban J connectivity index is 2.35. The minimum atomic E-state index is -0.190. The molecule has 0 heterocycles. The molecule has 26 heavy (non-hydrogen) atoms. The third-order valence-corrected chi connectivity index (χ3v) is 8.08. The number of thioether (sulfide) groups is 1. The molecule has 0 amide bonds. The number of esters is 1. The van der Waals surface area contributed by atoms with Crippen LogP contribution >= 0.6 is 11.8 Å². The average molecular weight is 437 g/mol. The second kappa shape index (κ2) is 10.8. The molecule has 0 aromatic heterocycles. The third kappa shape index (κ3) is 5.62. The molecule has 3 atom stereocenters. The van der Waals surface area contributed by atoms with Crippen LogP contribution in [0.4, 0.5) is 0 Å². The first-order valence-electron chi connectivity index (χ1n) is 8.53. The van der Waals surface area contributed by atoms with Gasteiger partial charge in [-0.05, 0) is 0 Å². The van der Waals surface area contributed by atoms with Gasteiger partial charge in [0, 0.05) is 0 Å². The van der Waals surface area contributed by atoms with Gasteiger partial charge in [0.05, 0.1) is 0 Å². The quantitative estimate of drug-likeness (QED) is 0.436. The molecule has 140 valence electrons. The van der Waals surface area contributed by atoms with Gasteiger partial charge in [-0.3, -0.25) is 0 Å². The van der Waals surface area contributed by atoms with Crippen molar-refractivity contribution in [2.75, 3.05) is 20.5 Å². The number of carbonyl (C=O) groups excluding carboxylic acids is 1. The van der Waals surface area contributed by atoms with E-state index in [4.69, 9.17) is 9.47 Å². The average Bonchev–Trinajstić information content (AvgIpc) is 2.69. The van der Waals surface area contributed by atoms with E-state index in [2.05, 4.69) is 49.6 Å². The zero-order valence-corrected chi connectivity index (χ0v) is 18.2. The maximum atomic E-state index is 12.1. The van der Waals surface area contributed by atoms with Gasteiger partial charge in [0.1, 0.15) is 0 Å². The normalized spacial score (nSPS) is 14.5. The van der Waals surface area contributed by atoms with E-state index in [1.165, 1.54) is 17.1 Å². The molecule has 2 unspecified atom stereocenters. The summed E-state index contributed by atoms with van der Waals surface area (Å²) in [5, 5.41) is 0.421. The van der Waals surface area contributed by atoms with Gasteiger partial charge in [0.2, 0.25) is 0 Å².